The Morgan fingerprint density at radius 1 is 1.00 bits per heavy atom. The van der Waals surface area contributed by atoms with Crippen molar-refractivity contribution < 1.29 is 29.0 Å². The fraction of sp³-hybridized carbons (Fsp3) is 0.643. The summed E-state index contributed by atoms with van der Waals surface area (Å²) in [6.45, 7) is 0.0393. The van der Waals surface area contributed by atoms with Crippen molar-refractivity contribution in [1.29, 1.82) is 0 Å². The number of aromatic nitrogens is 2. The molecule has 0 saturated carbocycles. The first-order chi connectivity index (χ1) is 12.2. The Morgan fingerprint density at radius 2 is 1.54 bits per heavy atom. The van der Waals surface area contributed by atoms with Crippen LogP contribution < -0.4 is 0 Å². The molecule has 0 aliphatic rings. The van der Waals surface area contributed by atoms with Crippen molar-refractivity contribution in [3.05, 3.63) is 18.5 Å². The minimum Gasteiger partial charge on any atom is -0.317 e. The molecular weight excluding hydrogens is 400 g/mol. The second kappa shape index (κ2) is 12.1. The van der Waals surface area contributed by atoms with Gasteiger partial charge in [0.1, 0.15) is 0 Å². The molecule has 0 amide bonds. The third-order valence-electron chi connectivity index (χ3n) is 3.36. The predicted octanol–water partition coefficient (Wildman–Crippen LogP) is 2.57. The Balaban J connectivity index is 2.05. The van der Waals surface area contributed by atoms with E-state index in [0.29, 0.717) is 6.42 Å². The Kier molecular flexibility index (Phi) is 11.0. The summed E-state index contributed by atoms with van der Waals surface area (Å²) in [5, 5.41) is -0.410. The lowest BCUT2D eigenvalue weighted by Gasteiger charge is -2.08. The van der Waals surface area contributed by atoms with Crippen molar-refractivity contribution in [2.24, 2.45) is 4.99 Å². The van der Waals surface area contributed by atoms with Crippen LogP contribution in [-0.4, -0.2) is 51.9 Å². The molecule has 0 spiro atoms. The predicted molar refractivity (Wildman–Crippen MR) is 103 cm³/mol. The molecule has 0 bridgehead atoms. The van der Waals surface area contributed by atoms with Crippen LogP contribution in [0.1, 0.15) is 44.9 Å². The van der Waals surface area contributed by atoms with Gasteiger partial charge >= 0.3 is 20.7 Å². The lowest BCUT2D eigenvalue weighted by molar-refractivity contribution is 0.348. The summed E-state index contributed by atoms with van der Waals surface area (Å²) in [5.74, 6) is 0.984. The molecule has 26 heavy (non-hydrogen) atoms. The van der Waals surface area contributed by atoms with Gasteiger partial charge in [-0.3, -0.25) is 0 Å². The quantitative estimate of drug-likeness (QED) is 0.105. The van der Waals surface area contributed by atoms with Crippen molar-refractivity contribution in [1.82, 2.24) is 9.97 Å². The summed E-state index contributed by atoms with van der Waals surface area (Å²) < 4.78 is 11.1. The summed E-state index contributed by atoms with van der Waals surface area (Å²) in [4.78, 5) is 56.7. The van der Waals surface area contributed by atoms with E-state index in [1.54, 1.807) is 30.2 Å². The van der Waals surface area contributed by atoms with Gasteiger partial charge < -0.3 is 9.79 Å². The number of hydrogen-bond acceptors (Lipinski definition) is 8. The first kappa shape index (κ1) is 23.6. The van der Waals surface area contributed by atoms with E-state index in [-0.39, 0.29) is 6.54 Å². The fourth-order valence-corrected chi connectivity index (χ4v) is 4.94. The highest BCUT2D eigenvalue weighted by Gasteiger charge is 2.51. The maximum atomic E-state index is 11.1. The van der Waals surface area contributed by atoms with Gasteiger partial charge in [-0.2, -0.15) is 14.7 Å². The van der Waals surface area contributed by atoms with E-state index in [1.165, 1.54) is 0 Å². The first-order valence-electron chi connectivity index (χ1n) is 8.29. The zero-order chi connectivity index (χ0) is 19.5. The zero-order valence-corrected chi connectivity index (χ0v) is 17.0. The molecule has 9 nitrogen and oxygen atoms in total. The summed E-state index contributed by atoms with van der Waals surface area (Å²) in [6, 6.07) is 1.79. The second-order valence-electron chi connectivity index (χ2n) is 5.65. The van der Waals surface area contributed by atoms with E-state index in [9.17, 15) is 4.57 Å². The lowest BCUT2D eigenvalue weighted by Crippen LogP contribution is -2.07. The minimum absolute atomic E-state index is 0.0393. The Bertz CT molecular complexity index is 594. The fourth-order valence-electron chi connectivity index (χ4n) is 2.16. The maximum Gasteiger partial charge on any atom is 0.469 e. The Labute approximate surface area is 157 Å². The van der Waals surface area contributed by atoms with E-state index >= 15 is 0 Å². The molecule has 148 valence electrons. The van der Waals surface area contributed by atoms with Crippen LogP contribution in [-0.2, 0) is 4.57 Å². The van der Waals surface area contributed by atoms with Gasteiger partial charge in [-0.1, -0.05) is 43.9 Å². The smallest absolute Gasteiger partial charge is 0.317 e. The second-order valence-corrected chi connectivity index (χ2v) is 10.1. The van der Waals surface area contributed by atoms with Crippen molar-refractivity contribution in [3.63, 3.8) is 0 Å². The molecule has 1 aromatic rings. The SMILES string of the molecule is O=P(O)(O)C(=NCCCCCCCCCSc1ncccn1)[P+](O)(O)O. The molecule has 0 radical (unpaired) electrons. The molecular formula is C14H26N3O6P2S+. The minimum atomic E-state index is -4.96. The summed E-state index contributed by atoms with van der Waals surface area (Å²) in [5.41, 5.74) is 0. The molecule has 0 aliphatic carbocycles. The maximum absolute atomic E-state index is 11.1. The molecule has 0 fully saturated rings. The van der Waals surface area contributed by atoms with Gasteiger partial charge in [0.2, 0.25) is 0 Å². The Morgan fingerprint density at radius 3 is 2.08 bits per heavy atom. The van der Waals surface area contributed by atoms with Crippen molar-refractivity contribution in [3.8, 4) is 0 Å². The van der Waals surface area contributed by atoms with Crippen LogP contribution >= 0.6 is 27.3 Å². The molecule has 0 aliphatic heterocycles. The summed E-state index contributed by atoms with van der Waals surface area (Å²) in [7, 11) is -9.73. The topological polar surface area (TPSA) is 156 Å². The van der Waals surface area contributed by atoms with Gasteiger partial charge in [-0.15, -0.1) is 0 Å². The highest BCUT2D eigenvalue weighted by Crippen LogP contribution is 2.60. The standard InChI is InChI=1S/C14H25N3O6P2S/c18-24(19,20)14(25(21,22)23)17-9-6-4-2-1-3-5-7-12-26-13-15-10-8-11-16-13/h8,10-11,18-20H,1-7,9,12H2,(H-,21,22,23)/p+1. The van der Waals surface area contributed by atoms with Crippen LogP contribution in [0, 0.1) is 0 Å². The molecule has 5 N–H and O–H groups in total. The Hall–Kier alpha value is -0.440. The molecule has 0 atom stereocenters. The highest BCUT2D eigenvalue weighted by atomic mass is 32.2. The zero-order valence-electron chi connectivity index (χ0n) is 14.4. The third kappa shape index (κ3) is 10.6. The first-order valence-corrected chi connectivity index (χ1v) is 12.5. The molecule has 0 saturated heterocycles. The van der Waals surface area contributed by atoms with Gasteiger partial charge in [0.15, 0.2) is 5.16 Å². The third-order valence-corrected chi connectivity index (χ3v) is 7.25. The van der Waals surface area contributed by atoms with Gasteiger partial charge in [0.05, 0.1) is 0 Å². The molecule has 1 aromatic heterocycles. The highest BCUT2D eigenvalue weighted by molar-refractivity contribution is 8.00. The van der Waals surface area contributed by atoms with Crippen LogP contribution in [0.5, 0.6) is 0 Å². The van der Waals surface area contributed by atoms with E-state index in [1.807, 2.05) is 0 Å². The van der Waals surface area contributed by atoms with Gasteiger partial charge in [0.25, 0.3) is 0 Å². The van der Waals surface area contributed by atoms with Crippen LogP contribution in [0.15, 0.2) is 28.6 Å². The lowest BCUT2D eigenvalue weighted by atomic mass is 10.1. The number of nitrogens with zero attached hydrogens (tertiary/aromatic N) is 3. The molecule has 1 heterocycles. The molecule has 12 heteroatoms. The summed E-state index contributed by atoms with van der Waals surface area (Å²) >= 11 is 1.64. The number of unbranched alkanes of at least 4 members (excludes halogenated alkanes) is 6. The van der Waals surface area contributed by atoms with Gasteiger partial charge in [-0.25, -0.2) is 19.5 Å². The van der Waals surface area contributed by atoms with Crippen LogP contribution in [0.2, 0.25) is 0 Å². The normalized spacial score (nSPS) is 13.2. The van der Waals surface area contributed by atoms with E-state index in [0.717, 1.165) is 49.4 Å². The number of hydrogen-bond donors (Lipinski definition) is 5. The molecule has 0 aromatic carbocycles. The average Bonchev–Trinajstić information content (AvgIpc) is 2.54. The number of rotatable bonds is 13. The summed E-state index contributed by atoms with van der Waals surface area (Å²) in [6.07, 6.45) is 10.2. The van der Waals surface area contributed by atoms with Crippen molar-refractivity contribution >= 4 is 32.5 Å². The van der Waals surface area contributed by atoms with Crippen LogP contribution in [0.25, 0.3) is 0 Å². The van der Waals surface area contributed by atoms with Crippen LogP contribution in [0.4, 0.5) is 0 Å². The molecule has 1 rings (SSSR count). The van der Waals surface area contributed by atoms with Crippen molar-refractivity contribution in [2.75, 3.05) is 12.3 Å². The molecule has 0 unspecified atom stereocenters. The van der Waals surface area contributed by atoms with Crippen LogP contribution in [0.3, 0.4) is 0 Å². The monoisotopic (exact) mass is 426 g/mol. The number of aliphatic imine (C=N–C) groups is 1. The largest absolute Gasteiger partial charge is 0.469 e. The van der Waals surface area contributed by atoms with E-state index in [2.05, 4.69) is 15.0 Å². The van der Waals surface area contributed by atoms with E-state index in [4.69, 9.17) is 24.5 Å². The van der Waals surface area contributed by atoms with Gasteiger partial charge in [-0.05, 0) is 18.9 Å². The van der Waals surface area contributed by atoms with E-state index < -0.39 is 20.7 Å². The van der Waals surface area contributed by atoms with Gasteiger partial charge in [0, 0.05) is 24.7 Å². The average molecular weight is 426 g/mol. The number of thioether (sulfide) groups is 1. The van der Waals surface area contributed by atoms with Crippen molar-refractivity contribution in [2.45, 2.75) is 50.1 Å².